The minimum Gasteiger partial charge on any atom is -0.394 e. The Hall–Kier alpha value is -0.650. The lowest BCUT2D eigenvalue weighted by Gasteiger charge is -2.25. The van der Waals surface area contributed by atoms with Crippen LogP contribution in [0.2, 0.25) is 0 Å². The Labute approximate surface area is 101 Å². The Morgan fingerprint density at radius 1 is 1.44 bits per heavy atom. The molecular formula is C11H19N3OS. The first-order chi connectivity index (χ1) is 7.70. The molecule has 0 spiro atoms. The van der Waals surface area contributed by atoms with Crippen LogP contribution in [0.3, 0.4) is 0 Å². The SMILES string of the molecule is CCC(N)(CO)CCCSc1ncccn1. The summed E-state index contributed by atoms with van der Waals surface area (Å²) in [6.07, 6.45) is 6.08. The maximum atomic E-state index is 9.15. The average Bonchev–Trinajstić information content (AvgIpc) is 2.36. The Morgan fingerprint density at radius 3 is 2.69 bits per heavy atom. The van der Waals surface area contributed by atoms with Crippen molar-refractivity contribution in [2.45, 2.75) is 36.9 Å². The molecule has 0 saturated carbocycles. The zero-order valence-electron chi connectivity index (χ0n) is 9.59. The number of thioether (sulfide) groups is 1. The number of nitrogens with zero attached hydrogens (tertiary/aromatic N) is 2. The molecule has 3 N–H and O–H groups in total. The van der Waals surface area contributed by atoms with Crippen LogP contribution in [0.15, 0.2) is 23.6 Å². The van der Waals surface area contributed by atoms with E-state index in [1.165, 1.54) is 0 Å². The third kappa shape index (κ3) is 4.47. The third-order valence-corrected chi connectivity index (χ3v) is 3.57. The molecule has 1 heterocycles. The van der Waals surface area contributed by atoms with Gasteiger partial charge < -0.3 is 10.8 Å². The zero-order valence-corrected chi connectivity index (χ0v) is 10.4. The van der Waals surface area contributed by atoms with E-state index in [-0.39, 0.29) is 6.61 Å². The van der Waals surface area contributed by atoms with E-state index in [4.69, 9.17) is 10.8 Å². The van der Waals surface area contributed by atoms with E-state index in [2.05, 4.69) is 9.97 Å². The van der Waals surface area contributed by atoms with Crippen molar-refractivity contribution >= 4 is 11.8 Å². The fourth-order valence-corrected chi connectivity index (χ4v) is 2.06. The predicted octanol–water partition coefficient (Wildman–Crippen LogP) is 1.45. The van der Waals surface area contributed by atoms with Gasteiger partial charge in [-0.15, -0.1) is 0 Å². The van der Waals surface area contributed by atoms with Crippen LogP contribution in [0.1, 0.15) is 26.2 Å². The summed E-state index contributed by atoms with van der Waals surface area (Å²) in [5.74, 6) is 0.933. The lowest BCUT2D eigenvalue weighted by Crippen LogP contribution is -2.42. The highest BCUT2D eigenvalue weighted by atomic mass is 32.2. The molecule has 0 aliphatic heterocycles. The van der Waals surface area contributed by atoms with E-state index < -0.39 is 5.54 Å². The van der Waals surface area contributed by atoms with Crippen LogP contribution in [0.4, 0.5) is 0 Å². The minimum absolute atomic E-state index is 0.0516. The molecule has 4 nitrogen and oxygen atoms in total. The topological polar surface area (TPSA) is 72.0 Å². The van der Waals surface area contributed by atoms with Gasteiger partial charge in [-0.3, -0.25) is 0 Å². The fourth-order valence-electron chi connectivity index (χ4n) is 1.32. The van der Waals surface area contributed by atoms with Gasteiger partial charge in [0.25, 0.3) is 0 Å². The third-order valence-electron chi connectivity index (χ3n) is 2.61. The van der Waals surface area contributed by atoms with Crippen LogP contribution < -0.4 is 5.73 Å². The van der Waals surface area contributed by atoms with Gasteiger partial charge in [0, 0.05) is 23.7 Å². The highest BCUT2D eigenvalue weighted by Gasteiger charge is 2.20. The molecular weight excluding hydrogens is 222 g/mol. The van der Waals surface area contributed by atoms with Crippen molar-refractivity contribution in [3.05, 3.63) is 18.5 Å². The summed E-state index contributed by atoms with van der Waals surface area (Å²) in [7, 11) is 0. The van der Waals surface area contributed by atoms with Gasteiger partial charge >= 0.3 is 0 Å². The Balaban J connectivity index is 2.22. The molecule has 90 valence electrons. The summed E-state index contributed by atoms with van der Waals surface area (Å²) in [5.41, 5.74) is 5.57. The second kappa shape index (κ2) is 6.83. The van der Waals surface area contributed by atoms with Crippen LogP contribution in [0, 0.1) is 0 Å². The summed E-state index contributed by atoms with van der Waals surface area (Å²) < 4.78 is 0. The van der Waals surface area contributed by atoms with E-state index in [0.717, 1.165) is 30.2 Å². The van der Waals surface area contributed by atoms with Gasteiger partial charge in [-0.1, -0.05) is 18.7 Å². The standard InChI is InChI=1S/C11H19N3OS/c1-2-11(12,9-15)5-3-8-16-10-13-6-4-7-14-10/h4,6-7,15H,2-3,5,8-9,12H2,1H3. The maximum absolute atomic E-state index is 9.15. The second-order valence-electron chi connectivity index (χ2n) is 3.86. The summed E-state index contributed by atoms with van der Waals surface area (Å²) in [4.78, 5) is 8.25. The second-order valence-corrected chi connectivity index (χ2v) is 4.92. The van der Waals surface area contributed by atoms with Crippen molar-refractivity contribution in [1.82, 2.24) is 9.97 Å². The monoisotopic (exact) mass is 241 g/mol. The normalized spacial score (nSPS) is 14.7. The quantitative estimate of drug-likeness (QED) is 0.429. The fraction of sp³-hybridized carbons (Fsp3) is 0.636. The molecule has 1 aromatic heterocycles. The Bertz CT molecular complexity index is 291. The number of aliphatic hydroxyl groups excluding tert-OH is 1. The average molecular weight is 241 g/mol. The molecule has 0 amide bonds. The van der Waals surface area contributed by atoms with Gasteiger partial charge in [0.15, 0.2) is 5.16 Å². The minimum atomic E-state index is -0.419. The number of hydrogen-bond acceptors (Lipinski definition) is 5. The Kier molecular flexibility index (Phi) is 5.73. The number of nitrogens with two attached hydrogens (primary N) is 1. The van der Waals surface area contributed by atoms with Gasteiger partial charge in [0.1, 0.15) is 0 Å². The molecule has 1 rings (SSSR count). The lowest BCUT2D eigenvalue weighted by molar-refractivity contribution is 0.182. The molecule has 0 bridgehead atoms. The largest absolute Gasteiger partial charge is 0.394 e. The van der Waals surface area contributed by atoms with Crippen molar-refractivity contribution in [3.63, 3.8) is 0 Å². The molecule has 1 aromatic rings. The van der Waals surface area contributed by atoms with E-state index >= 15 is 0 Å². The van der Waals surface area contributed by atoms with E-state index in [1.54, 1.807) is 30.2 Å². The highest BCUT2D eigenvalue weighted by Crippen LogP contribution is 2.18. The van der Waals surface area contributed by atoms with Crippen LogP contribution in [0.25, 0.3) is 0 Å². The van der Waals surface area contributed by atoms with Gasteiger partial charge in [-0.25, -0.2) is 9.97 Å². The van der Waals surface area contributed by atoms with Gasteiger partial charge in [0.2, 0.25) is 0 Å². The van der Waals surface area contributed by atoms with E-state index in [9.17, 15) is 0 Å². The maximum Gasteiger partial charge on any atom is 0.187 e. The van der Waals surface area contributed by atoms with E-state index in [0.29, 0.717) is 0 Å². The molecule has 1 unspecified atom stereocenters. The smallest absolute Gasteiger partial charge is 0.187 e. The first kappa shape index (κ1) is 13.4. The molecule has 1 atom stereocenters. The summed E-state index contributed by atoms with van der Waals surface area (Å²) >= 11 is 1.62. The first-order valence-electron chi connectivity index (χ1n) is 5.50. The first-order valence-corrected chi connectivity index (χ1v) is 6.48. The number of hydrogen-bond donors (Lipinski definition) is 2. The van der Waals surface area contributed by atoms with Crippen molar-refractivity contribution in [3.8, 4) is 0 Å². The summed E-state index contributed by atoms with van der Waals surface area (Å²) in [5, 5.41) is 9.94. The number of aromatic nitrogens is 2. The van der Waals surface area contributed by atoms with Crippen LogP contribution >= 0.6 is 11.8 Å². The van der Waals surface area contributed by atoms with Crippen molar-refractivity contribution in [2.24, 2.45) is 5.73 Å². The zero-order chi connectivity index (χ0) is 11.9. The van der Waals surface area contributed by atoms with Crippen LogP contribution in [0.5, 0.6) is 0 Å². The lowest BCUT2D eigenvalue weighted by atomic mass is 9.93. The molecule has 16 heavy (non-hydrogen) atoms. The number of rotatable bonds is 7. The molecule has 5 heteroatoms. The molecule has 0 saturated heterocycles. The molecule has 0 aromatic carbocycles. The van der Waals surface area contributed by atoms with Crippen LogP contribution in [-0.4, -0.2) is 33.0 Å². The molecule has 0 aliphatic carbocycles. The number of aliphatic hydroxyl groups is 1. The summed E-state index contributed by atoms with van der Waals surface area (Å²) in [6.45, 7) is 2.06. The molecule has 0 radical (unpaired) electrons. The predicted molar refractivity (Wildman–Crippen MR) is 66.3 cm³/mol. The van der Waals surface area contributed by atoms with Crippen molar-refractivity contribution in [1.29, 1.82) is 0 Å². The summed E-state index contributed by atoms with van der Waals surface area (Å²) in [6, 6.07) is 1.80. The van der Waals surface area contributed by atoms with Crippen molar-refractivity contribution in [2.75, 3.05) is 12.4 Å². The van der Waals surface area contributed by atoms with Crippen molar-refractivity contribution < 1.29 is 5.11 Å². The van der Waals surface area contributed by atoms with Gasteiger partial charge in [-0.2, -0.15) is 0 Å². The van der Waals surface area contributed by atoms with Crippen LogP contribution in [-0.2, 0) is 0 Å². The van der Waals surface area contributed by atoms with Gasteiger partial charge in [0.05, 0.1) is 6.61 Å². The molecule has 0 fully saturated rings. The van der Waals surface area contributed by atoms with E-state index in [1.807, 2.05) is 6.92 Å². The van der Waals surface area contributed by atoms with Gasteiger partial charge in [-0.05, 0) is 25.3 Å². The molecule has 0 aliphatic rings. The highest BCUT2D eigenvalue weighted by molar-refractivity contribution is 7.99. The Morgan fingerprint density at radius 2 is 2.12 bits per heavy atom.